The van der Waals surface area contributed by atoms with Crippen LogP contribution in [0.1, 0.15) is 10.5 Å². The molecule has 0 bridgehead atoms. The first-order valence-electron chi connectivity index (χ1n) is 4.72. The van der Waals surface area contributed by atoms with Crippen molar-refractivity contribution in [3.05, 3.63) is 47.5 Å². The highest BCUT2D eigenvalue weighted by molar-refractivity contribution is 6.34. The smallest absolute Gasteiger partial charge is 0.274 e. The van der Waals surface area contributed by atoms with Gasteiger partial charge >= 0.3 is 0 Å². The van der Waals surface area contributed by atoms with Gasteiger partial charge in [0.2, 0.25) is 0 Å². The van der Waals surface area contributed by atoms with Crippen LogP contribution in [-0.2, 0) is 0 Å². The normalized spacial score (nSPS) is 9.94. The summed E-state index contributed by atoms with van der Waals surface area (Å²) in [6.45, 7) is 0. The molecule has 0 aliphatic rings. The van der Waals surface area contributed by atoms with Gasteiger partial charge in [-0.2, -0.15) is 0 Å². The Morgan fingerprint density at radius 3 is 2.82 bits per heavy atom. The molecule has 1 heterocycles. The van der Waals surface area contributed by atoms with Gasteiger partial charge in [0.1, 0.15) is 17.8 Å². The third-order valence-electron chi connectivity index (χ3n) is 2.02. The SMILES string of the molecule is O=C(Nc1ccc(O)cc1Cl)c1ccncn1. The third-order valence-corrected chi connectivity index (χ3v) is 2.33. The first-order chi connectivity index (χ1) is 8.16. The van der Waals surface area contributed by atoms with Crippen molar-refractivity contribution in [3.8, 4) is 5.75 Å². The molecular weight excluding hydrogens is 242 g/mol. The fourth-order valence-electron chi connectivity index (χ4n) is 1.22. The Kier molecular flexibility index (Phi) is 3.20. The molecule has 0 saturated heterocycles. The summed E-state index contributed by atoms with van der Waals surface area (Å²) in [5.74, 6) is -0.352. The van der Waals surface area contributed by atoms with Gasteiger partial charge in [-0.25, -0.2) is 9.97 Å². The number of halogens is 1. The number of amides is 1. The quantitative estimate of drug-likeness (QED) is 0.799. The Labute approximate surface area is 102 Å². The molecule has 0 aliphatic carbocycles. The van der Waals surface area contributed by atoms with Crippen LogP contribution in [0, 0.1) is 0 Å². The van der Waals surface area contributed by atoms with E-state index in [1.807, 2.05) is 0 Å². The van der Waals surface area contributed by atoms with Crippen LogP contribution >= 0.6 is 11.6 Å². The molecule has 0 saturated carbocycles. The minimum Gasteiger partial charge on any atom is -0.508 e. The molecule has 2 aromatic rings. The summed E-state index contributed by atoms with van der Waals surface area (Å²) >= 11 is 5.85. The molecule has 0 fully saturated rings. The van der Waals surface area contributed by atoms with Crippen LogP contribution < -0.4 is 5.32 Å². The molecule has 5 nitrogen and oxygen atoms in total. The molecule has 86 valence electrons. The molecule has 2 rings (SSSR count). The predicted octanol–water partition coefficient (Wildman–Crippen LogP) is 2.09. The summed E-state index contributed by atoms with van der Waals surface area (Å²) in [5.41, 5.74) is 0.650. The molecule has 1 aromatic carbocycles. The molecule has 0 radical (unpaired) electrons. The minimum atomic E-state index is -0.389. The van der Waals surface area contributed by atoms with E-state index in [1.165, 1.54) is 36.8 Å². The topological polar surface area (TPSA) is 75.1 Å². The molecule has 0 spiro atoms. The number of nitrogens with zero attached hydrogens (tertiary/aromatic N) is 2. The molecule has 0 atom stereocenters. The number of phenols is 1. The number of nitrogens with one attached hydrogen (secondary N) is 1. The minimum absolute atomic E-state index is 0.0371. The average molecular weight is 250 g/mol. The highest BCUT2D eigenvalue weighted by Gasteiger charge is 2.09. The van der Waals surface area contributed by atoms with Gasteiger partial charge in [0.05, 0.1) is 10.7 Å². The van der Waals surface area contributed by atoms with Gasteiger partial charge in [-0.3, -0.25) is 4.79 Å². The summed E-state index contributed by atoms with van der Waals surface area (Å²) < 4.78 is 0. The molecule has 1 aromatic heterocycles. The van der Waals surface area contributed by atoms with E-state index in [-0.39, 0.29) is 22.4 Å². The zero-order chi connectivity index (χ0) is 12.3. The van der Waals surface area contributed by atoms with E-state index < -0.39 is 0 Å². The van der Waals surface area contributed by atoms with Crippen molar-refractivity contribution in [2.75, 3.05) is 5.32 Å². The zero-order valence-corrected chi connectivity index (χ0v) is 9.35. The van der Waals surface area contributed by atoms with Crippen LogP contribution in [0.3, 0.4) is 0 Å². The predicted molar refractivity (Wildman–Crippen MR) is 63.1 cm³/mol. The third kappa shape index (κ3) is 2.70. The van der Waals surface area contributed by atoms with E-state index in [4.69, 9.17) is 11.6 Å². The van der Waals surface area contributed by atoms with Crippen molar-refractivity contribution in [3.63, 3.8) is 0 Å². The summed E-state index contributed by atoms with van der Waals surface area (Å²) in [6.07, 6.45) is 2.76. The van der Waals surface area contributed by atoms with Gasteiger partial charge in [-0.05, 0) is 18.2 Å². The Morgan fingerprint density at radius 1 is 1.35 bits per heavy atom. The van der Waals surface area contributed by atoms with Gasteiger partial charge in [-0.15, -0.1) is 0 Å². The highest BCUT2D eigenvalue weighted by atomic mass is 35.5. The lowest BCUT2D eigenvalue weighted by Gasteiger charge is -2.06. The van der Waals surface area contributed by atoms with Gasteiger partial charge < -0.3 is 10.4 Å². The van der Waals surface area contributed by atoms with Crippen molar-refractivity contribution in [2.24, 2.45) is 0 Å². The number of hydrogen-bond acceptors (Lipinski definition) is 4. The molecule has 2 N–H and O–H groups in total. The monoisotopic (exact) mass is 249 g/mol. The number of hydrogen-bond donors (Lipinski definition) is 2. The second-order valence-corrected chi connectivity index (χ2v) is 3.62. The average Bonchev–Trinajstić information content (AvgIpc) is 2.34. The molecule has 0 aliphatic heterocycles. The Bertz CT molecular complexity index is 546. The number of phenolic OH excluding ortho intramolecular Hbond substituents is 1. The molecule has 1 amide bonds. The first-order valence-corrected chi connectivity index (χ1v) is 5.10. The van der Waals surface area contributed by atoms with Crippen molar-refractivity contribution in [2.45, 2.75) is 0 Å². The van der Waals surface area contributed by atoms with Crippen LogP contribution in [0.25, 0.3) is 0 Å². The lowest BCUT2D eigenvalue weighted by atomic mass is 10.3. The number of benzene rings is 1. The maximum absolute atomic E-state index is 11.7. The molecule has 17 heavy (non-hydrogen) atoms. The number of anilines is 1. The number of aromatic hydroxyl groups is 1. The summed E-state index contributed by atoms with van der Waals surface area (Å²) in [4.78, 5) is 19.2. The standard InChI is InChI=1S/C11H8ClN3O2/c12-8-5-7(16)1-2-9(8)15-11(17)10-3-4-13-6-14-10/h1-6,16H,(H,15,17). The first kappa shape index (κ1) is 11.3. The molecular formula is C11H8ClN3O2. The van der Waals surface area contributed by atoms with E-state index in [9.17, 15) is 9.90 Å². The van der Waals surface area contributed by atoms with Gasteiger partial charge in [-0.1, -0.05) is 11.6 Å². The fourth-order valence-corrected chi connectivity index (χ4v) is 1.44. The highest BCUT2D eigenvalue weighted by Crippen LogP contribution is 2.26. The van der Waals surface area contributed by atoms with Crippen molar-refractivity contribution in [1.29, 1.82) is 0 Å². The van der Waals surface area contributed by atoms with Gasteiger partial charge in [0, 0.05) is 12.3 Å². The van der Waals surface area contributed by atoms with Gasteiger partial charge in [0.25, 0.3) is 5.91 Å². The Balaban J connectivity index is 2.19. The summed E-state index contributed by atoms with van der Waals surface area (Å²) in [6, 6.07) is 5.78. The van der Waals surface area contributed by atoms with Crippen LogP contribution in [0.4, 0.5) is 5.69 Å². The molecule has 6 heteroatoms. The number of rotatable bonds is 2. The molecule has 0 unspecified atom stereocenters. The van der Waals surface area contributed by atoms with Crippen molar-refractivity contribution in [1.82, 2.24) is 9.97 Å². The number of carbonyl (C=O) groups excluding carboxylic acids is 1. The summed E-state index contributed by atoms with van der Waals surface area (Å²) in [5, 5.41) is 12.0. The van der Waals surface area contributed by atoms with E-state index in [2.05, 4.69) is 15.3 Å². The van der Waals surface area contributed by atoms with Crippen LogP contribution in [-0.4, -0.2) is 21.0 Å². The van der Waals surface area contributed by atoms with Crippen molar-refractivity contribution < 1.29 is 9.90 Å². The van der Waals surface area contributed by atoms with Crippen molar-refractivity contribution >= 4 is 23.2 Å². The van der Waals surface area contributed by atoms with E-state index in [0.717, 1.165) is 0 Å². The maximum Gasteiger partial charge on any atom is 0.274 e. The largest absolute Gasteiger partial charge is 0.508 e. The lowest BCUT2D eigenvalue weighted by Crippen LogP contribution is -2.13. The number of aromatic nitrogens is 2. The van der Waals surface area contributed by atoms with E-state index in [0.29, 0.717) is 5.69 Å². The zero-order valence-electron chi connectivity index (χ0n) is 8.59. The number of carbonyl (C=O) groups is 1. The Hall–Kier alpha value is -2.14. The second kappa shape index (κ2) is 4.80. The summed E-state index contributed by atoms with van der Waals surface area (Å²) in [7, 11) is 0. The second-order valence-electron chi connectivity index (χ2n) is 3.21. The van der Waals surface area contributed by atoms with Crippen LogP contribution in [0.15, 0.2) is 36.8 Å². The maximum atomic E-state index is 11.7. The van der Waals surface area contributed by atoms with E-state index in [1.54, 1.807) is 0 Å². The van der Waals surface area contributed by atoms with Crippen LogP contribution in [0.5, 0.6) is 5.75 Å². The van der Waals surface area contributed by atoms with E-state index >= 15 is 0 Å². The Morgan fingerprint density at radius 2 is 2.18 bits per heavy atom. The van der Waals surface area contributed by atoms with Gasteiger partial charge in [0.15, 0.2) is 0 Å². The fraction of sp³-hybridized carbons (Fsp3) is 0. The van der Waals surface area contributed by atoms with Crippen LogP contribution in [0.2, 0.25) is 5.02 Å². The lowest BCUT2D eigenvalue weighted by molar-refractivity contribution is 0.102.